The number of aryl methyl sites for hydroxylation is 1. The van der Waals surface area contributed by atoms with Crippen LogP contribution in [-0.2, 0) is 26.4 Å². The van der Waals surface area contributed by atoms with Crippen molar-refractivity contribution in [2.24, 2.45) is 7.05 Å². The summed E-state index contributed by atoms with van der Waals surface area (Å²) in [6.07, 6.45) is 4.39. The lowest BCUT2D eigenvalue weighted by Crippen LogP contribution is -2.44. The number of carbonyl (C=O) groups excluding carboxylic acids is 1. The van der Waals surface area contributed by atoms with Crippen LogP contribution in [0, 0.1) is 0 Å². The molecule has 2 N–H and O–H groups in total. The van der Waals surface area contributed by atoms with Gasteiger partial charge in [0.05, 0.1) is 30.2 Å². The highest BCUT2D eigenvalue weighted by molar-refractivity contribution is 7.93. The molecule has 3 heterocycles. The maximum Gasteiger partial charge on any atom is 0.324 e. The average Bonchev–Trinajstić information content (AvgIpc) is 3.82. The molecule has 6 rings (SSSR count). The number of carbonyl (C=O) groups is 1. The van der Waals surface area contributed by atoms with E-state index in [1.54, 1.807) is 36.1 Å². The molecule has 0 unspecified atom stereocenters. The highest BCUT2D eigenvalue weighted by Gasteiger charge is 2.61. The minimum Gasteiger partial charge on any atom is -0.377 e. The second-order valence-corrected chi connectivity index (χ2v) is 12.9. The lowest BCUT2D eigenvalue weighted by molar-refractivity contribution is 0.0985. The number of anilines is 3. The number of nitrogens with zero attached hydrogens (tertiary/aromatic N) is 5. The van der Waals surface area contributed by atoms with Crippen LogP contribution in [0.1, 0.15) is 38.3 Å². The molecule has 1 saturated heterocycles. The minimum atomic E-state index is -3.31. The van der Waals surface area contributed by atoms with Crippen LogP contribution in [0.4, 0.5) is 22.1 Å². The third-order valence-electron chi connectivity index (χ3n) is 7.41. The molecule has 38 heavy (non-hydrogen) atoms. The minimum absolute atomic E-state index is 0.110. The van der Waals surface area contributed by atoms with Crippen molar-refractivity contribution in [3.63, 3.8) is 0 Å². The summed E-state index contributed by atoms with van der Waals surface area (Å²) in [5, 5.41) is 9.36. The van der Waals surface area contributed by atoms with E-state index in [-0.39, 0.29) is 11.3 Å². The number of amides is 2. The molecule has 0 radical (unpaired) electrons. The van der Waals surface area contributed by atoms with Gasteiger partial charge in [-0.15, -0.1) is 0 Å². The van der Waals surface area contributed by atoms with Gasteiger partial charge in [-0.25, -0.2) is 23.2 Å². The van der Waals surface area contributed by atoms with Crippen molar-refractivity contribution in [1.82, 2.24) is 19.7 Å². The molecular weight excluding hydrogens is 506 g/mol. The van der Waals surface area contributed by atoms with Gasteiger partial charge in [0.1, 0.15) is 10.6 Å². The highest BCUT2D eigenvalue weighted by atomic mass is 32.2. The van der Waals surface area contributed by atoms with Crippen molar-refractivity contribution >= 4 is 33.2 Å². The van der Waals surface area contributed by atoms with Crippen molar-refractivity contribution in [2.75, 3.05) is 35.3 Å². The van der Waals surface area contributed by atoms with E-state index in [0.717, 1.165) is 24.2 Å². The summed E-state index contributed by atoms with van der Waals surface area (Å²) in [5.74, 6) is 1.64. The van der Waals surface area contributed by atoms with Gasteiger partial charge in [-0.05, 0) is 56.9 Å². The predicted molar refractivity (Wildman–Crippen MR) is 144 cm³/mol. The van der Waals surface area contributed by atoms with Crippen LogP contribution in [0.2, 0.25) is 0 Å². The topological polar surface area (TPSA) is 131 Å². The van der Waals surface area contributed by atoms with Gasteiger partial charge < -0.3 is 15.0 Å². The Balaban J connectivity index is 1.30. The molecule has 0 bridgehead atoms. The first-order chi connectivity index (χ1) is 18.2. The van der Waals surface area contributed by atoms with Crippen LogP contribution < -0.4 is 15.5 Å². The van der Waals surface area contributed by atoms with E-state index in [1.165, 1.54) is 0 Å². The van der Waals surface area contributed by atoms with Gasteiger partial charge in [-0.3, -0.25) is 10.00 Å². The van der Waals surface area contributed by atoms with Gasteiger partial charge in [0.15, 0.2) is 21.5 Å². The second kappa shape index (κ2) is 9.35. The second-order valence-electron chi connectivity index (χ2n) is 10.3. The summed E-state index contributed by atoms with van der Waals surface area (Å²) < 4.78 is 33.1. The Hall–Kier alpha value is -3.51. The number of urea groups is 1. The van der Waals surface area contributed by atoms with Crippen molar-refractivity contribution in [2.45, 2.75) is 48.6 Å². The van der Waals surface area contributed by atoms with Gasteiger partial charge in [0.25, 0.3) is 0 Å². The number of sulfone groups is 1. The van der Waals surface area contributed by atoms with E-state index in [9.17, 15) is 13.2 Å². The molecule has 1 atom stereocenters. The zero-order valence-electron chi connectivity index (χ0n) is 21.4. The first-order valence-electron chi connectivity index (χ1n) is 12.9. The molecule has 12 heteroatoms. The summed E-state index contributed by atoms with van der Waals surface area (Å²) in [6, 6.07) is 10.5. The van der Waals surface area contributed by atoms with Crippen LogP contribution in [0.5, 0.6) is 0 Å². The number of ether oxygens (including phenoxy) is 1. The first-order valence-corrected chi connectivity index (χ1v) is 14.5. The monoisotopic (exact) mass is 537 g/mol. The van der Waals surface area contributed by atoms with Crippen LogP contribution in [0.25, 0.3) is 11.4 Å². The Labute approximate surface area is 221 Å². The Bertz CT molecular complexity index is 1460. The Morgan fingerprint density at radius 2 is 1.87 bits per heavy atom. The molecule has 2 saturated carbocycles. The van der Waals surface area contributed by atoms with Gasteiger partial charge in [0.2, 0.25) is 0 Å². The molecular formula is C26H31N7O4S. The quantitative estimate of drug-likeness (QED) is 0.469. The molecule has 2 aliphatic carbocycles. The molecule has 3 aliphatic rings. The molecule has 11 nitrogen and oxygen atoms in total. The third kappa shape index (κ3) is 4.62. The molecule has 1 aliphatic heterocycles. The van der Waals surface area contributed by atoms with Crippen molar-refractivity contribution < 1.29 is 17.9 Å². The smallest absolute Gasteiger partial charge is 0.324 e. The summed E-state index contributed by atoms with van der Waals surface area (Å²) >= 11 is 0. The molecule has 3 fully saturated rings. The average molecular weight is 538 g/mol. The lowest BCUT2D eigenvalue weighted by atomic mass is 10.1. The standard InChI is InChI=1S/C26H31N7O4S/c1-17-16-37-14-13-33(17)23-15-21(26(10-11-26)38(35,36)20-7-8-20)28-24(30-23)18-3-5-19(6-4-18)27-25(34)29-22-9-12-32(2)31-22/h3-6,9,12,15,17,20H,7-8,10-11,13-14,16H2,1-2H3,(H2,27,29,31,34)/t17-/m0/s1. The van der Waals surface area contributed by atoms with E-state index in [4.69, 9.17) is 14.7 Å². The predicted octanol–water partition coefficient (Wildman–Crippen LogP) is 3.31. The van der Waals surface area contributed by atoms with Crippen LogP contribution in [-0.4, -0.2) is 65.2 Å². The largest absolute Gasteiger partial charge is 0.377 e. The van der Waals surface area contributed by atoms with E-state index in [2.05, 4.69) is 27.6 Å². The van der Waals surface area contributed by atoms with Gasteiger partial charge in [-0.2, -0.15) is 5.10 Å². The molecule has 0 spiro atoms. The van der Waals surface area contributed by atoms with Crippen molar-refractivity contribution in [3.8, 4) is 11.4 Å². The van der Waals surface area contributed by atoms with Crippen molar-refractivity contribution in [1.29, 1.82) is 0 Å². The molecule has 1 aromatic carbocycles. The molecule has 2 aromatic heterocycles. The Morgan fingerprint density at radius 1 is 1.11 bits per heavy atom. The third-order valence-corrected chi connectivity index (χ3v) is 10.5. The fraction of sp³-hybridized carbons (Fsp3) is 0.462. The number of morpholine rings is 1. The maximum absolute atomic E-state index is 13.4. The summed E-state index contributed by atoms with van der Waals surface area (Å²) in [6.45, 7) is 3.92. The number of nitrogens with one attached hydrogen (secondary N) is 2. The van der Waals surface area contributed by atoms with E-state index >= 15 is 0 Å². The zero-order chi connectivity index (χ0) is 26.5. The van der Waals surface area contributed by atoms with Crippen LogP contribution in [0.15, 0.2) is 42.6 Å². The van der Waals surface area contributed by atoms with Gasteiger partial charge in [-0.1, -0.05) is 0 Å². The van der Waals surface area contributed by atoms with E-state index in [0.29, 0.717) is 55.6 Å². The van der Waals surface area contributed by atoms with Crippen molar-refractivity contribution in [3.05, 3.63) is 48.3 Å². The Morgan fingerprint density at radius 3 is 2.50 bits per heavy atom. The van der Waals surface area contributed by atoms with E-state index < -0.39 is 20.6 Å². The lowest BCUT2D eigenvalue weighted by Gasteiger charge is -2.34. The maximum atomic E-state index is 13.4. The number of rotatable bonds is 7. The summed E-state index contributed by atoms with van der Waals surface area (Å²) in [4.78, 5) is 24.2. The number of benzene rings is 1. The summed E-state index contributed by atoms with van der Waals surface area (Å²) in [7, 11) is -1.53. The molecule has 2 amide bonds. The van der Waals surface area contributed by atoms with E-state index in [1.807, 2.05) is 18.2 Å². The fourth-order valence-corrected chi connectivity index (χ4v) is 7.43. The highest BCUT2D eigenvalue weighted by Crippen LogP contribution is 2.57. The number of hydrogen-bond acceptors (Lipinski definition) is 8. The van der Waals surface area contributed by atoms with Gasteiger partial charge >= 0.3 is 6.03 Å². The first kappa shape index (κ1) is 24.8. The SMILES string of the molecule is C[C@H]1COCCN1c1cc(C2(S(=O)(=O)C3CC3)CC2)nc(-c2ccc(NC(=O)Nc3ccn(C)n3)cc2)n1. The normalized spacial score (nSPS) is 20.7. The number of aromatic nitrogens is 4. The summed E-state index contributed by atoms with van der Waals surface area (Å²) in [5.41, 5.74) is 1.92. The molecule has 200 valence electrons. The molecule has 3 aromatic rings. The van der Waals surface area contributed by atoms with Crippen LogP contribution >= 0.6 is 0 Å². The van der Waals surface area contributed by atoms with Crippen LogP contribution in [0.3, 0.4) is 0 Å². The van der Waals surface area contributed by atoms with Gasteiger partial charge in [0, 0.05) is 43.2 Å². The fourth-order valence-electron chi connectivity index (χ4n) is 4.97. The zero-order valence-corrected chi connectivity index (χ0v) is 22.2. The number of hydrogen-bond donors (Lipinski definition) is 2. The Kier molecular flexibility index (Phi) is 6.10.